The van der Waals surface area contributed by atoms with Crippen molar-refractivity contribution in [3.63, 3.8) is 0 Å². The first-order chi connectivity index (χ1) is 11.0. The van der Waals surface area contributed by atoms with Gasteiger partial charge in [-0.3, -0.25) is 9.59 Å². The van der Waals surface area contributed by atoms with Crippen molar-refractivity contribution >= 4 is 11.7 Å². The molecular formula is C19H27NO3. The second-order valence-electron chi connectivity index (χ2n) is 6.32. The van der Waals surface area contributed by atoms with Crippen LogP contribution in [-0.4, -0.2) is 42.4 Å². The number of nitrogens with zero attached hydrogens (tertiary/aromatic N) is 1. The number of aryl methyl sites for hydroxylation is 2. The maximum absolute atomic E-state index is 12.4. The lowest BCUT2D eigenvalue weighted by Gasteiger charge is -2.23. The van der Waals surface area contributed by atoms with Gasteiger partial charge in [-0.25, -0.2) is 0 Å². The zero-order valence-electron chi connectivity index (χ0n) is 14.4. The molecule has 1 aromatic carbocycles. The van der Waals surface area contributed by atoms with Gasteiger partial charge in [0.1, 0.15) is 0 Å². The summed E-state index contributed by atoms with van der Waals surface area (Å²) < 4.78 is 5.69. The van der Waals surface area contributed by atoms with Crippen LogP contribution in [0.1, 0.15) is 54.1 Å². The van der Waals surface area contributed by atoms with Gasteiger partial charge in [0, 0.05) is 38.1 Å². The molecule has 126 valence electrons. The number of amides is 1. The molecule has 0 aliphatic carbocycles. The van der Waals surface area contributed by atoms with Gasteiger partial charge in [0.05, 0.1) is 6.10 Å². The number of carbonyl (C=O) groups is 2. The van der Waals surface area contributed by atoms with E-state index >= 15 is 0 Å². The van der Waals surface area contributed by atoms with E-state index in [1.54, 1.807) is 0 Å². The van der Waals surface area contributed by atoms with E-state index in [1.165, 1.54) is 5.56 Å². The van der Waals surface area contributed by atoms with Crippen LogP contribution < -0.4 is 0 Å². The SMILES string of the molecule is CCC1CN(C(=O)CCC(=O)c2ccc(C)c(C)c2)CCCO1. The highest BCUT2D eigenvalue weighted by molar-refractivity contribution is 5.98. The predicted octanol–water partition coefficient (Wildman–Crippen LogP) is 3.29. The van der Waals surface area contributed by atoms with Crippen molar-refractivity contribution in [2.75, 3.05) is 19.7 Å². The van der Waals surface area contributed by atoms with Crippen LogP contribution in [0.4, 0.5) is 0 Å². The number of benzene rings is 1. The molecule has 0 spiro atoms. The summed E-state index contributed by atoms with van der Waals surface area (Å²) in [4.78, 5) is 26.5. The van der Waals surface area contributed by atoms with Gasteiger partial charge in [0.15, 0.2) is 5.78 Å². The molecule has 1 atom stereocenters. The Morgan fingerprint density at radius 2 is 2.00 bits per heavy atom. The van der Waals surface area contributed by atoms with E-state index in [0.29, 0.717) is 18.7 Å². The molecule has 1 saturated heterocycles. The summed E-state index contributed by atoms with van der Waals surface area (Å²) in [5.74, 6) is 0.102. The molecule has 1 fully saturated rings. The Morgan fingerprint density at radius 1 is 1.22 bits per heavy atom. The lowest BCUT2D eigenvalue weighted by molar-refractivity contribution is -0.132. The Labute approximate surface area is 138 Å². The van der Waals surface area contributed by atoms with Crippen LogP contribution in [0.3, 0.4) is 0 Å². The fourth-order valence-electron chi connectivity index (χ4n) is 2.81. The predicted molar refractivity (Wildman–Crippen MR) is 90.7 cm³/mol. The Morgan fingerprint density at radius 3 is 2.70 bits per heavy atom. The largest absolute Gasteiger partial charge is 0.376 e. The summed E-state index contributed by atoms with van der Waals surface area (Å²) in [5, 5.41) is 0. The molecule has 4 heteroatoms. The second-order valence-corrected chi connectivity index (χ2v) is 6.32. The molecule has 0 radical (unpaired) electrons. The molecule has 1 aliphatic rings. The lowest BCUT2D eigenvalue weighted by atomic mass is 10.0. The minimum atomic E-state index is 0.0413. The first-order valence-electron chi connectivity index (χ1n) is 8.51. The van der Waals surface area contributed by atoms with E-state index in [0.717, 1.165) is 24.9 Å². The molecule has 0 bridgehead atoms. The Hall–Kier alpha value is -1.68. The summed E-state index contributed by atoms with van der Waals surface area (Å²) in [6, 6.07) is 5.72. The zero-order valence-corrected chi connectivity index (χ0v) is 14.4. The second kappa shape index (κ2) is 8.25. The molecule has 1 aliphatic heterocycles. The normalized spacial score (nSPS) is 18.6. The first-order valence-corrected chi connectivity index (χ1v) is 8.51. The zero-order chi connectivity index (χ0) is 16.8. The number of rotatable bonds is 5. The van der Waals surface area contributed by atoms with Crippen LogP contribution in [0.25, 0.3) is 0 Å². The third-order valence-corrected chi connectivity index (χ3v) is 4.55. The van der Waals surface area contributed by atoms with Gasteiger partial charge in [-0.1, -0.05) is 19.1 Å². The lowest BCUT2D eigenvalue weighted by Crippen LogP contribution is -2.36. The van der Waals surface area contributed by atoms with E-state index < -0.39 is 0 Å². The van der Waals surface area contributed by atoms with Gasteiger partial charge in [-0.05, 0) is 43.9 Å². The van der Waals surface area contributed by atoms with E-state index in [9.17, 15) is 9.59 Å². The van der Waals surface area contributed by atoms with E-state index in [1.807, 2.05) is 36.9 Å². The third kappa shape index (κ3) is 4.90. The van der Waals surface area contributed by atoms with Crippen molar-refractivity contribution in [2.24, 2.45) is 0 Å². The van der Waals surface area contributed by atoms with Crippen molar-refractivity contribution in [3.8, 4) is 0 Å². The average molecular weight is 317 g/mol. The summed E-state index contributed by atoms with van der Waals surface area (Å²) in [5.41, 5.74) is 2.98. The fraction of sp³-hybridized carbons (Fsp3) is 0.579. The van der Waals surface area contributed by atoms with Crippen LogP contribution in [0.5, 0.6) is 0 Å². The molecule has 4 nitrogen and oxygen atoms in total. The standard InChI is InChI=1S/C19H27NO3/c1-4-17-13-20(10-5-11-23-17)19(22)9-8-18(21)16-7-6-14(2)15(3)12-16/h6-7,12,17H,4-5,8-11,13H2,1-3H3. The topological polar surface area (TPSA) is 46.6 Å². The van der Waals surface area contributed by atoms with Gasteiger partial charge < -0.3 is 9.64 Å². The first kappa shape index (κ1) is 17.7. The Bertz CT molecular complexity index is 568. The summed E-state index contributed by atoms with van der Waals surface area (Å²) in [6.07, 6.45) is 2.45. The van der Waals surface area contributed by atoms with Gasteiger partial charge in [0.2, 0.25) is 5.91 Å². The molecule has 0 aromatic heterocycles. The fourth-order valence-corrected chi connectivity index (χ4v) is 2.81. The summed E-state index contributed by atoms with van der Waals surface area (Å²) >= 11 is 0. The van der Waals surface area contributed by atoms with E-state index in [4.69, 9.17) is 4.74 Å². The van der Waals surface area contributed by atoms with Crippen molar-refractivity contribution in [2.45, 2.75) is 52.6 Å². The Kier molecular flexibility index (Phi) is 6.34. The van der Waals surface area contributed by atoms with Crippen LogP contribution in [0.2, 0.25) is 0 Å². The summed E-state index contributed by atoms with van der Waals surface area (Å²) in [7, 11) is 0. The number of carbonyl (C=O) groups excluding carboxylic acids is 2. The van der Waals surface area contributed by atoms with E-state index in [2.05, 4.69) is 6.92 Å². The van der Waals surface area contributed by atoms with Crippen molar-refractivity contribution in [1.29, 1.82) is 0 Å². The molecule has 0 N–H and O–H groups in total. The van der Waals surface area contributed by atoms with Crippen molar-refractivity contribution in [1.82, 2.24) is 4.90 Å². The molecule has 1 aromatic rings. The number of Topliss-reactive ketones (excluding diaryl/α,β-unsaturated/α-hetero) is 1. The minimum Gasteiger partial charge on any atom is -0.376 e. The number of ketones is 1. The smallest absolute Gasteiger partial charge is 0.223 e. The number of hydrogen-bond acceptors (Lipinski definition) is 3. The highest BCUT2D eigenvalue weighted by atomic mass is 16.5. The highest BCUT2D eigenvalue weighted by Gasteiger charge is 2.22. The van der Waals surface area contributed by atoms with Crippen LogP contribution in [-0.2, 0) is 9.53 Å². The molecule has 23 heavy (non-hydrogen) atoms. The van der Waals surface area contributed by atoms with Gasteiger partial charge in [0.25, 0.3) is 0 Å². The average Bonchev–Trinajstić information content (AvgIpc) is 2.80. The van der Waals surface area contributed by atoms with Crippen LogP contribution >= 0.6 is 0 Å². The number of ether oxygens (including phenoxy) is 1. The molecular weight excluding hydrogens is 290 g/mol. The third-order valence-electron chi connectivity index (χ3n) is 4.55. The molecule has 1 heterocycles. The van der Waals surface area contributed by atoms with Crippen LogP contribution in [0.15, 0.2) is 18.2 Å². The maximum atomic E-state index is 12.4. The van der Waals surface area contributed by atoms with E-state index in [-0.39, 0.29) is 30.6 Å². The summed E-state index contributed by atoms with van der Waals surface area (Å²) in [6.45, 7) is 8.18. The van der Waals surface area contributed by atoms with Crippen molar-refractivity contribution < 1.29 is 14.3 Å². The van der Waals surface area contributed by atoms with Gasteiger partial charge in [-0.15, -0.1) is 0 Å². The van der Waals surface area contributed by atoms with Gasteiger partial charge >= 0.3 is 0 Å². The number of hydrogen-bond donors (Lipinski definition) is 0. The van der Waals surface area contributed by atoms with Crippen molar-refractivity contribution in [3.05, 3.63) is 34.9 Å². The highest BCUT2D eigenvalue weighted by Crippen LogP contribution is 2.14. The maximum Gasteiger partial charge on any atom is 0.223 e. The molecule has 2 rings (SSSR count). The minimum absolute atomic E-state index is 0.0413. The van der Waals surface area contributed by atoms with Crippen LogP contribution in [0, 0.1) is 13.8 Å². The Balaban J connectivity index is 1.90. The molecule has 0 saturated carbocycles. The van der Waals surface area contributed by atoms with Gasteiger partial charge in [-0.2, -0.15) is 0 Å². The quantitative estimate of drug-likeness (QED) is 0.783. The molecule has 1 amide bonds. The molecule has 1 unspecified atom stereocenters. The monoisotopic (exact) mass is 317 g/mol.